The van der Waals surface area contributed by atoms with Gasteiger partial charge >= 0.3 is 0 Å². The second kappa shape index (κ2) is 7.53. The number of benzene rings is 3. The van der Waals surface area contributed by atoms with E-state index in [1.165, 1.54) is 18.2 Å². The van der Waals surface area contributed by atoms with Crippen molar-refractivity contribution >= 4 is 11.6 Å². The molecule has 0 spiro atoms. The van der Waals surface area contributed by atoms with Gasteiger partial charge in [0.25, 0.3) is 0 Å². The molecule has 0 unspecified atom stereocenters. The summed E-state index contributed by atoms with van der Waals surface area (Å²) in [7, 11) is 0. The first kappa shape index (κ1) is 16.6. The molecule has 25 heavy (non-hydrogen) atoms. The van der Waals surface area contributed by atoms with Crippen LogP contribution in [-0.4, -0.2) is 18.2 Å². The molecule has 0 heterocycles. The van der Waals surface area contributed by atoms with Gasteiger partial charge < -0.3 is 4.74 Å². The van der Waals surface area contributed by atoms with Crippen LogP contribution >= 0.6 is 0 Å². The summed E-state index contributed by atoms with van der Waals surface area (Å²) in [6, 6.07) is 21.2. The van der Waals surface area contributed by atoms with E-state index in [0.29, 0.717) is 16.9 Å². The largest absolute Gasteiger partial charge is 0.485 e. The molecule has 0 aliphatic rings. The highest BCUT2D eigenvalue weighted by Gasteiger charge is 2.12. The summed E-state index contributed by atoms with van der Waals surface area (Å²) in [6.07, 6.45) is 0. The van der Waals surface area contributed by atoms with E-state index < -0.39 is 11.6 Å². The van der Waals surface area contributed by atoms with Gasteiger partial charge in [-0.3, -0.25) is 9.59 Å². The van der Waals surface area contributed by atoms with Gasteiger partial charge in [-0.15, -0.1) is 0 Å². The van der Waals surface area contributed by atoms with E-state index in [9.17, 15) is 14.0 Å². The number of hydrogen-bond donors (Lipinski definition) is 0. The summed E-state index contributed by atoms with van der Waals surface area (Å²) in [5.41, 5.74) is 1.13. The quantitative estimate of drug-likeness (QED) is 0.631. The molecule has 0 bridgehead atoms. The third-order valence-corrected chi connectivity index (χ3v) is 3.70. The van der Waals surface area contributed by atoms with Gasteiger partial charge in [0, 0.05) is 11.1 Å². The van der Waals surface area contributed by atoms with Crippen LogP contribution in [0.1, 0.15) is 26.3 Å². The fourth-order valence-electron chi connectivity index (χ4n) is 2.37. The zero-order valence-corrected chi connectivity index (χ0v) is 13.3. The molecule has 0 N–H and O–H groups in total. The number of Topliss-reactive ketones (excluding diaryl/α,β-unsaturated/α-hetero) is 1. The highest BCUT2D eigenvalue weighted by Crippen LogP contribution is 2.16. The van der Waals surface area contributed by atoms with Crippen molar-refractivity contribution in [2.75, 3.05) is 6.61 Å². The number of halogens is 1. The lowest BCUT2D eigenvalue weighted by molar-refractivity contribution is 0.0916. The Morgan fingerprint density at radius 2 is 1.36 bits per heavy atom. The smallest absolute Gasteiger partial charge is 0.203 e. The Bertz CT molecular complexity index is 887. The van der Waals surface area contributed by atoms with Crippen LogP contribution in [0.25, 0.3) is 0 Å². The first-order valence-corrected chi connectivity index (χ1v) is 7.75. The fraction of sp³-hybridized carbons (Fsp3) is 0.0476. The van der Waals surface area contributed by atoms with Crippen molar-refractivity contribution in [3.8, 4) is 5.75 Å². The molecular weight excluding hydrogens is 319 g/mol. The Balaban J connectivity index is 1.64. The van der Waals surface area contributed by atoms with Gasteiger partial charge in [0.15, 0.2) is 12.4 Å². The minimum Gasteiger partial charge on any atom is -0.485 e. The molecule has 4 heteroatoms. The van der Waals surface area contributed by atoms with Gasteiger partial charge in [-0.05, 0) is 36.4 Å². The van der Waals surface area contributed by atoms with Crippen LogP contribution in [0.2, 0.25) is 0 Å². The van der Waals surface area contributed by atoms with Crippen molar-refractivity contribution in [2.45, 2.75) is 0 Å². The number of ether oxygens (including phenoxy) is 1. The molecule has 0 atom stereocenters. The predicted octanol–water partition coefficient (Wildman–Crippen LogP) is 4.32. The number of hydrogen-bond acceptors (Lipinski definition) is 3. The van der Waals surface area contributed by atoms with E-state index in [-0.39, 0.29) is 18.0 Å². The van der Waals surface area contributed by atoms with Crippen molar-refractivity contribution in [3.05, 3.63) is 101 Å². The van der Waals surface area contributed by atoms with Gasteiger partial charge in [0.05, 0.1) is 5.56 Å². The van der Waals surface area contributed by atoms with E-state index in [4.69, 9.17) is 4.74 Å². The van der Waals surface area contributed by atoms with Gasteiger partial charge in [0.2, 0.25) is 5.78 Å². The molecule has 0 fully saturated rings. The molecule has 0 aliphatic carbocycles. The molecular formula is C21H15FO3. The second-order valence-electron chi connectivity index (χ2n) is 5.41. The SMILES string of the molecule is O=C(c1ccccc1)c1ccc(OCC(=O)c2ccccc2F)cc1. The Morgan fingerprint density at radius 1 is 0.760 bits per heavy atom. The molecule has 0 aliphatic heterocycles. The molecule has 0 saturated heterocycles. The highest BCUT2D eigenvalue weighted by atomic mass is 19.1. The van der Waals surface area contributed by atoms with Gasteiger partial charge in [0.1, 0.15) is 11.6 Å². The molecule has 0 radical (unpaired) electrons. The van der Waals surface area contributed by atoms with Crippen molar-refractivity contribution in [1.29, 1.82) is 0 Å². The van der Waals surface area contributed by atoms with Gasteiger partial charge in [-0.25, -0.2) is 4.39 Å². The van der Waals surface area contributed by atoms with Crippen LogP contribution in [0.3, 0.4) is 0 Å². The average molecular weight is 334 g/mol. The Labute approximate surface area is 144 Å². The highest BCUT2D eigenvalue weighted by molar-refractivity contribution is 6.09. The normalized spacial score (nSPS) is 10.3. The minimum absolute atomic E-state index is 0.00150. The van der Waals surface area contributed by atoms with E-state index in [1.54, 1.807) is 54.6 Å². The maximum Gasteiger partial charge on any atom is 0.203 e. The van der Waals surface area contributed by atoms with E-state index >= 15 is 0 Å². The van der Waals surface area contributed by atoms with Crippen LogP contribution in [0.5, 0.6) is 5.75 Å². The molecule has 124 valence electrons. The predicted molar refractivity (Wildman–Crippen MR) is 92.5 cm³/mol. The van der Waals surface area contributed by atoms with Gasteiger partial charge in [-0.1, -0.05) is 42.5 Å². The van der Waals surface area contributed by atoms with Crippen LogP contribution in [0, 0.1) is 5.82 Å². The molecule has 3 aromatic carbocycles. The maximum atomic E-state index is 13.6. The number of ketones is 2. The van der Waals surface area contributed by atoms with Crippen molar-refractivity contribution < 1.29 is 18.7 Å². The number of carbonyl (C=O) groups excluding carboxylic acids is 2. The molecule has 0 saturated carbocycles. The Hall–Kier alpha value is -3.27. The lowest BCUT2D eigenvalue weighted by atomic mass is 10.0. The van der Waals surface area contributed by atoms with Crippen LogP contribution in [-0.2, 0) is 0 Å². The Kier molecular flexibility index (Phi) is 5.00. The summed E-state index contributed by atoms with van der Waals surface area (Å²) >= 11 is 0. The minimum atomic E-state index is -0.570. The van der Waals surface area contributed by atoms with E-state index in [1.807, 2.05) is 6.07 Å². The molecule has 3 rings (SSSR count). The first-order chi connectivity index (χ1) is 12.1. The van der Waals surface area contributed by atoms with Crippen molar-refractivity contribution in [3.63, 3.8) is 0 Å². The van der Waals surface area contributed by atoms with Gasteiger partial charge in [-0.2, -0.15) is 0 Å². The molecule has 0 aromatic heterocycles. The summed E-state index contributed by atoms with van der Waals surface area (Å²) in [6.45, 7) is -0.271. The fourth-order valence-corrected chi connectivity index (χ4v) is 2.37. The zero-order valence-electron chi connectivity index (χ0n) is 13.3. The number of carbonyl (C=O) groups is 2. The van der Waals surface area contributed by atoms with E-state index in [0.717, 1.165) is 0 Å². The second-order valence-corrected chi connectivity index (χ2v) is 5.41. The summed E-state index contributed by atoms with van der Waals surface area (Å²) in [4.78, 5) is 24.3. The standard InChI is InChI=1S/C21H15FO3/c22-19-9-5-4-8-18(19)20(23)14-25-17-12-10-16(11-13-17)21(24)15-6-2-1-3-7-15/h1-13H,14H2. The average Bonchev–Trinajstić information content (AvgIpc) is 2.67. The van der Waals surface area contributed by atoms with Crippen molar-refractivity contribution in [1.82, 2.24) is 0 Å². The van der Waals surface area contributed by atoms with Crippen LogP contribution < -0.4 is 4.74 Å². The Morgan fingerprint density at radius 3 is 2.04 bits per heavy atom. The van der Waals surface area contributed by atoms with Crippen LogP contribution in [0.4, 0.5) is 4.39 Å². The third kappa shape index (κ3) is 3.98. The zero-order chi connectivity index (χ0) is 17.6. The summed E-state index contributed by atoms with van der Waals surface area (Å²) in [5, 5.41) is 0. The lowest BCUT2D eigenvalue weighted by Crippen LogP contribution is -2.13. The van der Waals surface area contributed by atoms with Crippen molar-refractivity contribution in [2.24, 2.45) is 0 Å². The topological polar surface area (TPSA) is 43.4 Å². The lowest BCUT2D eigenvalue weighted by Gasteiger charge is -2.07. The van der Waals surface area contributed by atoms with Crippen LogP contribution in [0.15, 0.2) is 78.9 Å². The monoisotopic (exact) mass is 334 g/mol. The maximum absolute atomic E-state index is 13.6. The van der Waals surface area contributed by atoms with E-state index in [2.05, 4.69) is 0 Å². The summed E-state index contributed by atoms with van der Waals surface area (Å²) < 4.78 is 18.9. The summed E-state index contributed by atoms with van der Waals surface area (Å²) in [5.74, 6) is -0.661. The molecule has 0 amide bonds. The molecule has 3 aromatic rings. The molecule has 3 nitrogen and oxygen atoms in total. The first-order valence-electron chi connectivity index (χ1n) is 7.75. The third-order valence-electron chi connectivity index (χ3n) is 3.70. The number of rotatable bonds is 6.